The van der Waals surface area contributed by atoms with E-state index in [1.807, 2.05) is 30.3 Å². The predicted molar refractivity (Wildman–Crippen MR) is 76.6 cm³/mol. The van der Waals surface area contributed by atoms with Crippen molar-refractivity contribution in [1.29, 1.82) is 0 Å². The molecule has 3 rings (SSSR count). The second kappa shape index (κ2) is 5.11. The van der Waals surface area contributed by atoms with Crippen molar-refractivity contribution in [2.75, 3.05) is 0 Å². The SMILES string of the molecule is Clc1cc(Cc2ccnc3ccccc23)c(Cl)nn1. The molecule has 0 aliphatic rings. The minimum atomic E-state index is 0.345. The van der Waals surface area contributed by atoms with Gasteiger partial charge in [0.05, 0.1) is 5.52 Å². The molecule has 0 spiro atoms. The molecule has 0 aliphatic heterocycles. The molecule has 3 nitrogen and oxygen atoms in total. The molecule has 2 heterocycles. The van der Waals surface area contributed by atoms with Crippen LogP contribution in [0.5, 0.6) is 0 Å². The Morgan fingerprint density at radius 3 is 2.68 bits per heavy atom. The molecular weight excluding hydrogens is 281 g/mol. The summed E-state index contributed by atoms with van der Waals surface area (Å²) in [4.78, 5) is 4.34. The minimum Gasteiger partial charge on any atom is -0.256 e. The first kappa shape index (κ1) is 12.3. The maximum Gasteiger partial charge on any atom is 0.155 e. The second-order valence-corrected chi connectivity index (χ2v) is 4.89. The molecule has 0 atom stereocenters. The van der Waals surface area contributed by atoms with E-state index in [0.29, 0.717) is 16.7 Å². The maximum absolute atomic E-state index is 6.05. The van der Waals surface area contributed by atoms with Crippen LogP contribution < -0.4 is 0 Å². The summed E-state index contributed by atoms with van der Waals surface area (Å²) in [5.41, 5.74) is 2.96. The van der Waals surface area contributed by atoms with Gasteiger partial charge in [-0.1, -0.05) is 41.4 Å². The highest BCUT2D eigenvalue weighted by atomic mass is 35.5. The van der Waals surface area contributed by atoms with Gasteiger partial charge in [0.1, 0.15) is 0 Å². The zero-order valence-corrected chi connectivity index (χ0v) is 11.4. The molecule has 0 amide bonds. The normalized spacial score (nSPS) is 10.8. The van der Waals surface area contributed by atoms with Gasteiger partial charge in [-0.2, -0.15) is 0 Å². The number of pyridine rings is 1. The summed E-state index contributed by atoms with van der Waals surface area (Å²) in [7, 11) is 0. The van der Waals surface area contributed by atoms with Crippen LogP contribution in [0, 0.1) is 0 Å². The molecule has 0 saturated heterocycles. The zero-order valence-electron chi connectivity index (χ0n) is 9.85. The minimum absolute atomic E-state index is 0.345. The Balaban J connectivity index is 2.08. The van der Waals surface area contributed by atoms with Crippen molar-refractivity contribution >= 4 is 34.1 Å². The number of benzene rings is 1. The molecule has 0 fully saturated rings. The van der Waals surface area contributed by atoms with E-state index in [9.17, 15) is 0 Å². The van der Waals surface area contributed by atoms with Gasteiger partial charge in [0.15, 0.2) is 10.3 Å². The molecular formula is C14H9Cl2N3. The lowest BCUT2D eigenvalue weighted by Gasteiger charge is -2.07. The van der Waals surface area contributed by atoms with Crippen LogP contribution in [-0.4, -0.2) is 15.2 Å². The fraction of sp³-hybridized carbons (Fsp3) is 0.0714. The number of para-hydroxylation sites is 1. The Hall–Kier alpha value is -1.71. The van der Waals surface area contributed by atoms with E-state index in [1.54, 1.807) is 12.3 Å². The Kier molecular flexibility index (Phi) is 3.32. The highest BCUT2D eigenvalue weighted by Gasteiger charge is 2.08. The number of fused-ring (bicyclic) bond motifs is 1. The molecule has 0 radical (unpaired) electrons. The molecule has 5 heteroatoms. The van der Waals surface area contributed by atoms with Gasteiger partial charge in [0.25, 0.3) is 0 Å². The van der Waals surface area contributed by atoms with Crippen molar-refractivity contribution in [3.05, 3.63) is 64.0 Å². The maximum atomic E-state index is 6.05. The van der Waals surface area contributed by atoms with Crippen LogP contribution in [-0.2, 0) is 6.42 Å². The van der Waals surface area contributed by atoms with Crippen molar-refractivity contribution in [3.63, 3.8) is 0 Å². The van der Waals surface area contributed by atoms with Crippen molar-refractivity contribution in [3.8, 4) is 0 Å². The van der Waals surface area contributed by atoms with Gasteiger partial charge in [0.2, 0.25) is 0 Å². The Bertz CT molecular complexity index is 738. The van der Waals surface area contributed by atoms with Crippen LogP contribution in [0.15, 0.2) is 42.6 Å². The average Bonchev–Trinajstić information content (AvgIpc) is 2.43. The molecule has 0 unspecified atom stereocenters. The highest BCUT2D eigenvalue weighted by Crippen LogP contribution is 2.23. The number of nitrogens with zero attached hydrogens (tertiary/aromatic N) is 3. The van der Waals surface area contributed by atoms with Crippen LogP contribution in [0.2, 0.25) is 10.3 Å². The summed E-state index contributed by atoms with van der Waals surface area (Å²) in [5.74, 6) is 0. The number of rotatable bonds is 2. The van der Waals surface area contributed by atoms with E-state index < -0.39 is 0 Å². The number of aromatic nitrogens is 3. The van der Waals surface area contributed by atoms with E-state index in [4.69, 9.17) is 23.2 Å². The van der Waals surface area contributed by atoms with Crippen molar-refractivity contribution in [2.45, 2.75) is 6.42 Å². The van der Waals surface area contributed by atoms with Gasteiger partial charge in [-0.3, -0.25) is 4.98 Å². The van der Waals surface area contributed by atoms with Crippen LogP contribution in [0.4, 0.5) is 0 Å². The Morgan fingerprint density at radius 2 is 1.79 bits per heavy atom. The van der Waals surface area contributed by atoms with Gasteiger partial charge in [-0.25, -0.2) is 0 Å². The van der Waals surface area contributed by atoms with Gasteiger partial charge in [0, 0.05) is 18.0 Å². The lowest BCUT2D eigenvalue weighted by Crippen LogP contribution is -1.95. The molecule has 0 saturated carbocycles. The summed E-state index contributed by atoms with van der Waals surface area (Å²) in [6.45, 7) is 0. The third-order valence-electron chi connectivity index (χ3n) is 2.91. The van der Waals surface area contributed by atoms with Crippen molar-refractivity contribution in [1.82, 2.24) is 15.2 Å². The second-order valence-electron chi connectivity index (χ2n) is 4.15. The topological polar surface area (TPSA) is 38.7 Å². The summed E-state index contributed by atoms with van der Waals surface area (Å²) >= 11 is 11.9. The third-order valence-corrected chi connectivity index (χ3v) is 3.41. The highest BCUT2D eigenvalue weighted by molar-refractivity contribution is 6.31. The van der Waals surface area contributed by atoms with Gasteiger partial charge in [-0.15, -0.1) is 10.2 Å². The lowest BCUT2D eigenvalue weighted by atomic mass is 10.0. The average molecular weight is 290 g/mol. The van der Waals surface area contributed by atoms with Crippen LogP contribution in [0.3, 0.4) is 0 Å². The van der Waals surface area contributed by atoms with Crippen LogP contribution >= 0.6 is 23.2 Å². The number of halogens is 2. The Morgan fingerprint density at radius 1 is 0.947 bits per heavy atom. The van der Waals surface area contributed by atoms with E-state index >= 15 is 0 Å². The standard InChI is InChI=1S/C14H9Cl2N3/c15-13-8-10(14(16)19-18-13)7-9-5-6-17-12-4-2-1-3-11(9)12/h1-6,8H,7H2. The summed E-state index contributed by atoms with van der Waals surface area (Å²) in [6.07, 6.45) is 2.44. The number of hydrogen-bond donors (Lipinski definition) is 0. The van der Waals surface area contributed by atoms with Crippen molar-refractivity contribution in [2.24, 2.45) is 0 Å². The lowest BCUT2D eigenvalue weighted by molar-refractivity contribution is 0.996. The number of hydrogen-bond acceptors (Lipinski definition) is 3. The fourth-order valence-electron chi connectivity index (χ4n) is 2.03. The first-order valence-corrected chi connectivity index (χ1v) is 6.50. The van der Waals surface area contributed by atoms with Crippen molar-refractivity contribution < 1.29 is 0 Å². The van der Waals surface area contributed by atoms with Crippen LogP contribution in [0.25, 0.3) is 10.9 Å². The molecule has 0 bridgehead atoms. The van der Waals surface area contributed by atoms with E-state index in [2.05, 4.69) is 15.2 Å². The van der Waals surface area contributed by atoms with E-state index in [-0.39, 0.29) is 0 Å². The van der Waals surface area contributed by atoms with E-state index in [1.165, 1.54) is 0 Å². The first-order chi connectivity index (χ1) is 9.24. The zero-order chi connectivity index (χ0) is 13.2. The molecule has 0 aliphatic carbocycles. The van der Waals surface area contributed by atoms with Gasteiger partial charge < -0.3 is 0 Å². The quantitative estimate of drug-likeness (QED) is 0.718. The predicted octanol–water partition coefficient (Wildman–Crippen LogP) is 3.92. The molecule has 19 heavy (non-hydrogen) atoms. The van der Waals surface area contributed by atoms with Gasteiger partial charge >= 0.3 is 0 Å². The largest absolute Gasteiger partial charge is 0.256 e. The van der Waals surface area contributed by atoms with Gasteiger partial charge in [-0.05, 0) is 29.3 Å². The molecule has 0 N–H and O–H groups in total. The smallest absolute Gasteiger partial charge is 0.155 e. The monoisotopic (exact) mass is 289 g/mol. The molecule has 1 aromatic carbocycles. The van der Waals surface area contributed by atoms with E-state index in [0.717, 1.165) is 22.0 Å². The fourth-order valence-corrected chi connectivity index (χ4v) is 2.36. The summed E-state index contributed by atoms with van der Waals surface area (Å²) in [6, 6.07) is 11.7. The molecule has 94 valence electrons. The molecule has 3 aromatic rings. The molecule has 2 aromatic heterocycles. The third kappa shape index (κ3) is 2.53. The summed E-state index contributed by atoms with van der Waals surface area (Å²) < 4.78 is 0. The first-order valence-electron chi connectivity index (χ1n) is 5.74. The Labute approximate surface area is 120 Å². The van der Waals surface area contributed by atoms with Crippen LogP contribution in [0.1, 0.15) is 11.1 Å². The summed E-state index contributed by atoms with van der Waals surface area (Å²) in [5, 5.41) is 9.37.